The summed E-state index contributed by atoms with van der Waals surface area (Å²) in [5.74, 6) is 0.531. The molecule has 0 saturated carbocycles. The Morgan fingerprint density at radius 2 is 2.40 bits per heavy atom. The molecule has 0 bridgehead atoms. The summed E-state index contributed by atoms with van der Waals surface area (Å²) in [4.78, 5) is 11.1. The number of nitrogens with one attached hydrogen (secondary N) is 2. The van der Waals surface area contributed by atoms with Gasteiger partial charge in [0, 0.05) is 7.05 Å². The Morgan fingerprint density at radius 1 is 1.67 bits per heavy atom. The number of rotatable bonds is 2. The van der Waals surface area contributed by atoms with Gasteiger partial charge in [-0.1, -0.05) is 0 Å². The molecule has 2 aromatic rings. The van der Waals surface area contributed by atoms with Gasteiger partial charge in [-0.2, -0.15) is 0 Å². The van der Waals surface area contributed by atoms with E-state index in [9.17, 15) is 5.11 Å². The quantitative estimate of drug-likeness (QED) is 0.520. The van der Waals surface area contributed by atoms with Crippen LogP contribution in [0.5, 0.6) is 0 Å². The fourth-order valence-corrected chi connectivity index (χ4v) is 1.57. The zero-order valence-corrected chi connectivity index (χ0v) is 9.17. The van der Waals surface area contributed by atoms with Crippen molar-refractivity contribution < 1.29 is 5.11 Å². The topological polar surface area (TPSA) is 78.8 Å². The van der Waals surface area contributed by atoms with Crippen LogP contribution in [0.3, 0.4) is 0 Å². The van der Waals surface area contributed by atoms with E-state index in [0.717, 1.165) is 5.52 Å². The van der Waals surface area contributed by atoms with Crippen LogP contribution in [-0.2, 0) is 7.05 Å². The largest absolute Gasteiger partial charge is 0.374 e. The van der Waals surface area contributed by atoms with E-state index in [1.807, 2.05) is 7.05 Å². The minimum Gasteiger partial charge on any atom is -0.374 e. The van der Waals surface area contributed by atoms with Crippen molar-refractivity contribution in [3.8, 4) is 0 Å². The molecule has 15 heavy (non-hydrogen) atoms. The van der Waals surface area contributed by atoms with Crippen molar-refractivity contribution in [2.75, 3.05) is 5.32 Å². The molecular formula is C8H11N5OS. The highest BCUT2D eigenvalue weighted by molar-refractivity contribution is 7.71. The molecule has 0 spiro atoms. The van der Waals surface area contributed by atoms with E-state index in [4.69, 9.17) is 12.2 Å². The van der Waals surface area contributed by atoms with E-state index >= 15 is 0 Å². The predicted octanol–water partition coefficient (Wildman–Crippen LogP) is 0.776. The summed E-state index contributed by atoms with van der Waals surface area (Å²) in [5, 5.41) is 12.1. The Bertz CT molecular complexity index is 543. The first-order chi connectivity index (χ1) is 7.08. The zero-order valence-electron chi connectivity index (χ0n) is 8.35. The lowest BCUT2D eigenvalue weighted by Crippen LogP contribution is -2.15. The molecule has 0 aliphatic rings. The van der Waals surface area contributed by atoms with Crippen LogP contribution < -0.4 is 5.32 Å². The summed E-state index contributed by atoms with van der Waals surface area (Å²) < 4.78 is 2.14. The van der Waals surface area contributed by atoms with E-state index in [2.05, 4.69) is 20.3 Å². The van der Waals surface area contributed by atoms with Gasteiger partial charge in [0.1, 0.15) is 11.7 Å². The van der Waals surface area contributed by atoms with E-state index < -0.39 is 6.23 Å². The van der Waals surface area contributed by atoms with Crippen molar-refractivity contribution in [2.45, 2.75) is 13.2 Å². The lowest BCUT2D eigenvalue weighted by molar-refractivity contribution is 0.224. The van der Waals surface area contributed by atoms with Gasteiger partial charge in [0.15, 0.2) is 11.5 Å². The number of aryl methyl sites for hydroxylation is 1. The Kier molecular flexibility index (Phi) is 2.41. The van der Waals surface area contributed by atoms with Gasteiger partial charge in [-0.3, -0.25) is 0 Å². The number of hydrogen-bond acceptors (Lipinski definition) is 5. The van der Waals surface area contributed by atoms with Crippen LogP contribution in [0, 0.1) is 4.77 Å². The SMILES string of the molecule is CC(O)Nc1nc(=S)[nH]c2ncn(C)c12. The summed E-state index contributed by atoms with van der Waals surface area (Å²) in [6.07, 6.45) is 0.970. The zero-order chi connectivity index (χ0) is 11.0. The van der Waals surface area contributed by atoms with Crippen molar-refractivity contribution in [1.82, 2.24) is 19.5 Å². The number of hydrogen-bond donors (Lipinski definition) is 3. The number of aromatic nitrogens is 4. The number of fused-ring (bicyclic) bond motifs is 1. The summed E-state index contributed by atoms with van der Waals surface area (Å²) in [5.41, 5.74) is 1.44. The molecule has 2 rings (SSSR count). The van der Waals surface area contributed by atoms with E-state index in [-0.39, 0.29) is 0 Å². The summed E-state index contributed by atoms with van der Waals surface area (Å²) >= 11 is 4.95. The monoisotopic (exact) mass is 225 g/mol. The maximum absolute atomic E-state index is 9.26. The molecule has 0 fully saturated rings. The number of aliphatic hydroxyl groups excluding tert-OH is 1. The lowest BCUT2D eigenvalue weighted by atomic mass is 10.4. The van der Waals surface area contributed by atoms with Crippen LogP contribution in [0.25, 0.3) is 11.2 Å². The molecule has 0 amide bonds. The van der Waals surface area contributed by atoms with Crippen LogP contribution >= 0.6 is 12.2 Å². The van der Waals surface area contributed by atoms with Gasteiger partial charge in [-0.25, -0.2) is 9.97 Å². The smallest absolute Gasteiger partial charge is 0.200 e. The van der Waals surface area contributed by atoms with Crippen molar-refractivity contribution in [3.63, 3.8) is 0 Å². The van der Waals surface area contributed by atoms with Crippen molar-refractivity contribution in [3.05, 3.63) is 11.1 Å². The lowest BCUT2D eigenvalue weighted by Gasteiger charge is -2.09. The molecule has 0 aliphatic heterocycles. The summed E-state index contributed by atoms with van der Waals surface area (Å²) in [6.45, 7) is 1.61. The van der Waals surface area contributed by atoms with Gasteiger partial charge >= 0.3 is 0 Å². The second-order valence-electron chi connectivity index (χ2n) is 3.26. The van der Waals surface area contributed by atoms with Crippen LogP contribution in [-0.4, -0.2) is 30.9 Å². The molecule has 0 aliphatic carbocycles. The van der Waals surface area contributed by atoms with Gasteiger partial charge < -0.3 is 20.0 Å². The molecule has 1 unspecified atom stereocenters. The Hall–Kier alpha value is -1.47. The molecule has 80 valence electrons. The molecule has 0 radical (unpaired) electrons. The predicted molar refractivity (Wildman–Crippen MR) is 59.0 cm³/mol. The number of aromatic amines is 1. The molecular weight excluding hydrogens is 214 g/mol. The van der Waals surface area contributed by atoms with Crippen LogP contribution in [0.15, 0.2) is 6.33 Å². The number of anilines is 1. The van der Waals surface area contributed by atoms with E-state index in [1.165, 1.54) is 0 Å². The summed E-state index contributed by atoms with van der Waals surface area (Å²) in [7, 11) is 1.85. The molecule has 6 nitrogen and oxygen atoms in total. The molecule has 1 atom stereocenters. The number of aliphatic hydroxyl groups is 1. The highest BCUT2D eigenvalue weighted by Gasteiger charge is 2.09. The maximum Gasteiger partial charge on any atom is 0.200 e. The Labute approximate surface area is 91.0 Å². The molecule has 2 heterocycles. The van der Waals surface area contributed by atoms with Gasteiger partial charge in [0.25, 0.3) is 0 Å². The van der Waals surface area contributed by atoms with Crippen molar-refractivity contribution >= 4 is 29.2 Å². The number of nitrogens with zero attached hydrogens (tertiary/aromatic N) is 3. The van der Waals surface area contributed by atoms with Crippen LogP contribution in [0.4, 0.5) is 5.82 Å². The fourth-order valence-electron chi connectivity index (χ4n) is 1.38. The second-order valence-corrected chi connectivity index (χ2v) is 3.65. The van der Waals surface area contributed by atoms with Crippen molar-refractivity contribution in [1.29, 1.82) is 0 Å². The Morgan fingerprint density at radius 3 is 3.07 bits per heavy atom. The third kappa shape index (κ3) is 1.83. The molecule has 0 saturated heterocycles. The third-order valence-corrected chi connectivity index (χ3v) is 2.14. The molecule has 3 N–H and O–H groups in total. The molecule has 7 heteroatoms. The Balaban J connectivity index is 2.69. The molecule has 2 aromatic heterocycles. The number of imidazole rings is 1. The van der Waals surface area contributed by atoms with E-state index in [1.54, 1.807) is 17.8 Å². The van der Waals surface area contributed by atoms with Crippen molar-refractivity contribution in [2.24, 2.45) is 7.05 Å². The minimum absolute atomic E-state index is 0.337. The molecule has 0 aromatic carbocycles. The average Bonchev–Trinajstić information content (AvgIpc) is 2.46. The average molecular weight is 225 g/mol. The summed E-state index contributed by atoms with van der Waals surface area (Å²) in [6, 6.07) is 0. The fraction of sp³-hybridized carbons (Fsp3) is 0.375. The van der Waals surface area contributed by atoms with Gasteiger partial charge in [0.2, 0.25) is 4.77 Å². The van der Waals surface area contributed by atoms with E-state index in [0.29, 0.717) is 16.2 Å². The maximum atomic E-state index is 9.26. The highest BCUT2D eigenvalue weighted by atomic mass is 32.1. The van der Waals surface area contributed by atoms with Gasteiger partial charge in [-0.05, 0) is 19.1 Å². The minimum atomic E-state index is -0.688. The second kappa shape index (κ2) is 3.59. The number of H-pyrrole nitrogens is 1. The standard InChI is InChI=1S/C8H11N5OS/c1-4(14)10-7-5-6(9-3-13(5)2)11-8(15)12-7/h3-4,14H,1-2H3,(H2,10,11,12,15). The normalized spacial score (nSPS) is 13.0. The third-order valence-electron chi connectivity index (χ3n) is 1.95. The first kappa shape index (κ1) is 10.1. The highest BCUT2D eigenvalue weighted by Crippen LogP contribution is 2.17. The van der Waals surface area contributed by atoms with Crippen LogP contribution in [0.2, 0.25) is 0 Å². The van der Waals surface area contributed by atoms with Gasteiger partial charge in [-0.15, -0.1) is 0 Å². The first-order valence-corrected chi connectivity index (χ1v) is 4.84. The first-order valence-electron chi connectivity index (χ1n) is 4.44. The van der Waals surface area contributed by atoms with Gasteiger partial charge in [0.05, 0.1) is 6.33 Å². The van der Waals surface area contributed by atoms with Crippen LogP contribution in [0.1, 0.15) is 6.92 Å².